The van der Waals surface area contributed by atoms with Gasteiger partial charge in [-0.2, -0.15) is 0 Å². The largest absolute Gasteiger partial charge is 0.457 e. The molecule has 4 nitrogen and oxygen atoms in total. The number of rotatable bonds is 3. The third-order valence-corrected chi connectivity index (χ3v) is 5.64. The Morgan fingerprint density at radius 2 is 1.86 bits per heavy atom. The average molecular weight is 468 g/mol. The zero-order valence-electron chi connectivity index (χ0n) is 14.4. The van der Waals surface area contributed by atoms with Gasteiger partial charge >= 0.3 is 0 Å². The van der Waals surface area contributed by atoms with Crippen molar-refractivity contribution in [2.24, 2.45) is 4.99 Å². The zero-order valence-corrected chi connectivity index (χ0v) is 17.5. The summed E-state index contributed by atoms with van der Waals surface area (Å²) >= 11 is 19.1. The van der Waals surface area contributed by atoms with Gasteiger partial charge in [0.15, 0.2) is 5.17 Å². The molecule has 1 fully saturated rings. The van der Waals surface area contributed by atoms with Gasteiger partial charge in [0.2, 0.25) is 0 Å². The van der Waals surface area contributed by atoms with Crippen molar-refractivity contribution >= 4 is 69.4 Å². The van der Waals surface area contributed by atoms with E-state index in [4.69, 9.17) is 39.2 Å². The van der Waals surface area contributed by atoms with Crippen LogP contribution in [0.1, 0.15) is 5.76 Å². The Kier molecular flexibility index (Phi) is 5.69. The summed E-state index contributed by atoms with van der Waals surface area (Å²) in [4.78, 5) is 16.9. The molecule has 2 heterocycles. The van der Waals surface area contributed by atoms with Gasteiger partial charge in [-0.3, -0.25) is 4.79 Å². The first-order valence-corrected chi connectivity index (χ1v) is 10.1. The summed E-state index contributed by atoms with van der Waals surface area (Å²) in [5.41, 5.74) is 1.08. The van der Waals surface area contributed by atoms with Crippen LogP contribution in [0.3, 0.4) is 0 Å². The zero-order chi connectivity index (χ0) is 20.5. The maximum Gasteiger partial charge on any atom is 0.264 e. The average Bonchev–Trinajstić information content (AvgIpc) is 3.27. The van der Waals surface area contributed by atoms with Gasteiger partial charge < -0.3 is 9.73 Å². The van der Waals surface area contributed by atoms with Crippen LogP contribution in [0, 0.1) is 5.82 Å². The normalized spacial score (nSPS) is 16.6. The SMILES string of the molecule is O=C1NC(=Nc2ccc(F)c(Cl)c2)SC1=Cc1ccc(-c2cc(Cl)ccc2Cl)o1. The van der Waals surface area contributed by atoms with Crippen LogP contribution in [0.25, 0.3) is 17.4 Å². The molecule has 0 unspecified atom stereocenters. The Bertz CT molecular complexity index is 1190. The number of carbonyl (C=O) groups excluding carboxylic acids is 1. The number of hydrogen-bond acceptors (Lipinski definition) is 4. The second-order valence-electron chi connectivity index (χ2n) is 5.91. The van der Waals surface area contributed by atoms with E-state index in [0.717, 1.165) is 11.8 Å². The predicted molar refractivity (Wildman–Crippen MR) is 116 cm³/mol. The molecule has 1 N–H and O–H groups in total. The number of nitrogens with zero attached hydrogens (tertiary/aromatic N) is 1. The fourth-order valence-electron chi connectivity index (χ4n) is 2.54. The number of benzene rings is 2. The number of carbonyl (C=O) groups is 1. The number of halogens is 4. The van der Waals surface area contributed by atoms with Crippen LogP contribution in [0.15, 0.2) is 62.8 Å². The fraction of sp³-hybridized carbons (Fsp3) is 0. The summed E-state index contributed by atoms with van der Waals surface area (Å²) < 4.78 is 19.0. The van der Waals surface area contributed by atoms with E-state index in [1.807, 2.05) is 0 Å². The predicted octanol–water partition coefficient (Wildman–Crippen LogP) is 6.94. The molecule has 29 heavy (non-hydrogen) atoms. The monoisotopic (exact) mass is 466 g/mol. The summed E-state index contributed by atoms with van der Waals surface area (Å²) in [5, 5.41) is 4.00. The minimum absolute atomic E-state index is 0.0419. The summed E-state index contributed by atoms with van der Waals surface area (Å²) in [5.74, 6) is 0.149. The second kappa shape index (κ2) is 8.24. The number of nitrogens with one attached hydrogen (secondary N) is 1. The van der Waals surface area contributed by atoms with Crippen LogP contribution in [-0.4, -0.2) is 11.1 Å². The van der Waals surface area contributed by atoms with Crippen molar-refractivity contribution < 1.29 is 13.6 Å². The molecule has 0 bridgehead atoms. The standard InChI is InChI=1S/C20H10Cl3FN2O2S/c21-10-1-4-14(22)13(7-10)17-6-3-12(28-17)9-18-19(27)26-20(29-18)25-11-2-5-16(24)15(23)8-11/h1-9H,(H,25,26,27). The van der Waals surface area contributed by atoms with Crippen molar-refractivity contribution in [2.45, 2.75) is 0 Å². The lowest BCUT2D eigenvalue weighted by atomic mass is 10.2. The van der Waals surface area contributed by atoms with Crippen molar-refractivity contribution in [1.29, 1.82) is 0 Å². The molecule has 0 radical (unpaired) electrons. The van der Waals surface area contributed by atoms with E-state index in [2.05, 4.69) is 10.3 Å². The van der Waals surface area contributed by atoms with Crippen LogP contribution in [0.4, 0.5) is 10.1 Å². The second-order valence-corrected chi connectivity index (χ2v) is 8.19. The highest BCUT2D eigenvalue weighted by Crippen LogP contribution is 2.34. The highest BCUT2D eigenvalue weighted by atomic mass is 35.5. The molecular weight excluding hydrogens is 458 g/mol. The van der Waals surface area contributed by atoms with Crippen molar-refractivity contribution in [3.8, 4) is 11.3 Å². The number of hydrogen-bond donors (Lipinski definition) is 1. The molecule has 146 valence electrons. The van der Waals surface area contributed by atoms with Crippen molar-refractivity contribution in [1.82, 2.24) is 5.32 Å². The van der Waals surface area contributed by atoms with Gasteiger partial charge in [-0.1, -0.05) is 34.8 Å². The quantitative estimate of drug-likeness (QED) is 0.425. The molecule has 1 aliphatic heterocycles. The summed E-state index contributed by atoms with van der Waals surface area (Å²) in [6, 6.07) is 12.6. The lowest BCUT2D eigenvalue weighted by Gasteiger charge is -2.01. The Morgan fingerprint density at radius 1 is 1.03 bits per heavy atom. The molecule has 3 aromatic rings. The Balaban J connectivity index is 1.57. The summed E-state index contributed by atoms with van der Waals surface area (Å²) in [6.45, 7) is 0. The Hall–Kier alpha value is -2.25. The molecule has 0 atom stereocenters. The first-order chi connectivity index (χ1) is 13.9. The molecule has 1 amide bonds. The molecular formula is C20H10Cl3FN2O2S. The molecule has 1 aliphatic rings. The van der Waals surface area contributed by atoms with Gasteiger partial charge in [0.25, 0.3) is 5.91 Å². The van der Waals surface area contributed by atoms with Gasteiger partial charge in [-0.05, 0) is 60.3 Å². The third kappa shape index (κ3) is 4.51. The van der Waals surface area contributed by atoms with Crippen LogP contribution in [0.5, 0.6) is 0 Å². The Labute approximate surface area is 184 Å². The molecule has 1 saturated heterocycles. The first kappa shape index (κ1) is 20.0. The summed E-state index contributed by atoms with van der Waals surface area (Å²) in [6.07, 6.45) is 1.60. The number of thioether (sulfide) groups is 1. The van der Waals surface area contributed by atoms with E-state index in [-0.39, 0.29) is 10.9 Å². The number of amidine groups is 1. The maximum atomic E-state index is 13.3. The van der Waals surface area contributed by atoms with Crippen LogP contribution < -0.4 is 5.32 Å². The van der Waals surface area contributed by atoms with E-state index in [1.165, 1.54) is 18.2 Å². The minimum Gasteiger partial charge on any atom is -0.457 e. The maximum absolute atomic E-state index is 13.3. The van der Waals surface area contributed by atoms with E-state index in [9.17, 15) is 9.18 Å². The van der Waals surface area contributed by atoms with E-state index in [0.29, 0.717) is 42.9 Å². The highest BCUT2D eigenvalue weighted by Gasteiger charge is 2.24. The molecule has 9 heteroatoms. The lowest BCUT2D eigenvalue weighted by molar-refractivity contribution is -0.115. The molecule has 0 aliphatic carbocycles. The lowest BCUT2D eigenvalue weighted by Crippen LogP contribution is -2.19. The molecule has 0 saturated carbocycles. The van der Waals surface area contributed by atoms with E-state index in [1.54, 1.807) is 36.4 Å². The number of furan rings is 1. The summed E-state index contributed by atoms with van der Waals surface area (Å²) in [7, 11) is 0. The van der Waals surface area contributed by atoms with Gasteiger partial charge in [0.05, 0.1) is 20.6 Å². The molecule has 1 aromatic heterocycles. The smallest absolute Gasteiger partial charge is 0.264 e. The van der Waals surface area contributed by atoms with Crippen molar-refractivity contribution in [3.63, 3.8) is 0 Å². The van der Waals surface area contributed by atoms with Crippen molar-refractivity contribution in [2.75, 3.05) is 0 Å². The fourth-order valence-corrected chi connectivity index (χ4v) is 3.92. The Morgan fingerprint density at radius 3 is 2.66 bits per heavy atom. The number of amides is 1. The minimum atomic E-state index is -0.534. The molecule has 4 rings (SSSR count). The highest BCUT2D eigenvalue weighted by molar-refractivity contribution is 8.18. The van der Waals surface area contributed by atoms with E-state index < -0.39 is 5.82 Å². The van der Waals surface area contributed by atoms with Gasteiger partial charge in [0, 0.05) is 16.7 Å². The van der Waals surface area contributed by atoms with E-state index >= 15 is 0 Å². The van der Waals surface area contributed by atoms with Gasteiger partial charge in [-0.15, -0.1) is 0 Å². The van der Waals surface area contributed by atoms with Crippen molar-refractivity contribution in [3.05, 3.63) is 80.1 Å². The molecule has 2 aromatic carbocycles. The molecule has 0 spiro atoms. The van der Waals surface area contributed by atoms with Gasteiger partial charge in [-0.25, -0.2) is 9.38 Å². The van der Waals surface area contributed by atoms with Crippen LogP contribution in [0.2, 0.25) is 15.1 Å². The van der Waals surface area contributed by atoms with Gasteiger partial charge in [0.1, 0.15) is 17.3 Å². The topological polar surface area (TPSA) is 54.6 Å². The van der Waals surface area contributed by atoms with Crippen LogP contribution >= 0.6 is 46.6 Å². The third-order valence-electron chi connectivity index (χ3n) is 3.88. The number of aliphatic imine (C=N–C) groups is 1. The van der Waals surface area contributed by atoms with Crippen LogP contribution in [-0.2, 0) is 4.79 Å². The first-order valence-electron chi connectivity index (χ1n) is 8.19.